The fraction of sp³-hybridized carbons (Fsp3) is 1.00. The van der Waals surface area contributed by atoms with Gasteiger partial charge in [-0.15, -0.1) is 23.2 Å². The third kappa shape index (κ3) is 3.94. The normalized spacial score (nSPS) is 19.6. The lowest BCUT2D eigenvalue weighted by Crippen LogP contribution is -2.38. The van der Waals surface area contributed by atoms with Crippen LogP contribution >= 0.6 is 23.2 Å². The Balaban J connectivity index is 3.92. The minimum Gasteiger partial charge on any atom is -0.464 e. The molecule has 0 aliphatic carbocycles. The van der Waals surface area contributed by atoms with Crippen LogP contribution in [0.15, 0.2) is 0 Å². The van der Waals surface area contributed by atoms with Crippen LogP contribution < -0.4 is 0 Å². The summed E-state index contributed by atoms with van der Waals surface area (Å²) in [5, 5.41) is 0.407. The van der Waals surface area contributed by atoms with Crippen LogP contribution in [0.25, 0.3) is 0 Å². The minimum absolute atomic E-state index is 0.204. The molecule has 0 radical (unpaired) electrons. The van der Waals surface area contributed by atoms with Gasteiger partial charge in [0.2, 0.25) is 0 Å². The van der Waals surface area contributed by atoms with Gasteiger partial charge in [0, 0.05) is 10.0 Å². The highest BCUT2D eigenvalue weighted by Crippen LogP contribution is 2.16. The van der Waals surface area contributed by atoms with E-state index in [-0.39, 0.29) is 10.0 Å². The highest BCUT2D eigenvalue weighted by molar-refractivity contribution is 6.74. The van der Waals surface area contributed by atoms with E-state index in [1.807, 2.05) is 0 Å². The fourth-order valence-corrected chi connectivity index (χ4v) is 7.86. The van der Waals surface area contributed by atoms with Crippen molar-refractivity contribution in [1.82, 2.24) is 0 Å². The predicted molar refractivity (Wildman–Crippen MR) is 58.0 cm³/mol. The van der Waals surface area contributed by atoms with Crippen molar-refractivity contribution in [1.29, 1.82) is 0 Å². The Labute approximate surface area is 83.7 Å². The molecule has 0 fully saturated rings. The maximum Gasteiger partial charge on any atom is 0.198 e. The molecule has 2 atom stereocenters. The van der Waals surface area contributed by atoms with Gasteiger partial charge in [-0.2, -0.15) is 0 Å². The highest BCUT2D eigenvalue weighted by atomic mass is 35.5. The smallest absolute Gasteiger partial charge is 0.198 e. The summed E-state index contributed by atoms with van der Waals surface area (Å²) in [5.74, 6) is 0. The number of alkyl halides is 2. The first-order valence-corrected chi connectivity index (χ1v) is 7.47. The maximum absolute atomic E-state index is 6.08. The van der Waals surface area contributed by atoms with Crippen LogP contribution in [0.4, 0.5) is 0 Å². The van der Waals surface area contributed by atoms with E-state index in [0.29, 0.717) is 0 Å². The van der Waals surface area contributed by atoms with Crippen LogP contribution in [-0.4, -0.2) is 29.5 Å². The van der Waals surface area contributed by atoms with Gasteiger partial charge in [-0.3, -0.25) is 0 Å². The van der Waals surface area contributed by atoms with E-state index in [1.54, 1.807) is 0 Å². The molecule has 0 spiro atoms. The number of halogens is 2. The predicted octanol–water partition coefficient (Wildman–Crippen LogP) is 1.12. The number of hydrogen-bond acceptors (Lipinski definition) is 1. The second-order valence-corrected chi connectivity index (χ2v) is 8.94. The largest absolute Gasteiger partial charge is 0.464 e. The van der Waals surface area contributed by atoms with Crippen LogP contribution in [-0.2, 0) is 4.12 Å². The summed E-state index contributed by atoms with van der Waals surface area (Å²) >= 11 is 12.2. The van der Waals surface area contributed by atoms with Crippen LogP contribution in [0.2, 0.25) is 0 Å². The van der Waals surface area contributed by atoms with Gasteiger partial charge in [0.25, 0.3) is 0 Å². The molecule has 68 valence electrons. The summed E-state index contributed by atoms with van der Waals surface area (Å²) in [7, 11) is -0.539. The molecule has 0 aromatic heterocycles. The van der Waals surface area contributed by atoms with Crippen molar-refractivity contribution in [2.45, 2.75) is 36.7 Å². The molecular weight excluding hydrogens is 215 g/mol. The summed E-state index contributed by atoms with van der Waals surface area (Å²) in [6.07, 6.45) is 1.95. The molecule has 0 N–H and O–H groups in total. The van der Waals surface area contributed by atoms with Gasteiger partial charge >= 0.3 is 0 Å². The van der Waals surface area contributed by atoms with Gasteiger partial charge in [0.15, 0.2) is 9.04 Å². The van der Waals surface area contributed by atoms with Crippen molar-refractivity contribution < 1.29 is 4.12 Å². The van der Waals surface area contributed by atoms with E-state index < -0.39 is 9.04 Å². The van der Waals surface area contributed by atoms with E-state index in [4.69, 9.17) is 27.3 Å². The molecule has 2 unspecified atom stereocenters. The Kier molecular flexibility index (Phi) is 7.06. The van der Waals surface area contributed by atoms with Crippen molar-refractivity contribution in [3.8, 4) is 0 Å². The lowest BCUT2D eigenvalue weighted by Gasteiger charge is -2.22. The molecule has 0 aliphatic rings. The van der Waals surface area contributed by atoms with Crippen LogP contribution in [0, 0.1) is 0 Å². The molecule has 0 aromatic carbocycles. The summed E-state index contributed by atoms with van der Waals surface area (Å²) in [6, 6.07) is 0. The molecule has 5 heteroatoms. The first-order chi connectivity index (χ1) is 5.17. The Morgan fingerprint density at radius 2 is 1.64 bits per heavy atom. The van der Waals surface area contributed by atoms with Crippen molar-refractivity contribution >= 4 is 42.7 Å². The average molecular weight is 231 g/mol. The first kappa shape index (κ1) is 12.0. The average Bonchev–Trinajstić information content (AvgIpc) is 2.05. The van der Waals surface area contributed by atoms with Crippen molar-refractivity contribution in [2.75, 3.05) is 0 Å². The monoisotopic (exact) mass is 230 g/mol. The second kappa shape index (κ2) is 6.49. The van der Waals surface area contributed by atoms with Crippen molar-refractivity contribution in [3.63, 3.8) is 0 Å². The summed E-state index contributed by atoms with van der Waals surface area (Å²) in [4.78, 5) is 0. The van der Waals surface area contributed by atoms with Crippen LogP contribution in [0.1, 0.15) is 26.7 Å². The van der Waals surface area contributed by atoms with E-state index >= 15 is 0 Å². The van der Waals surface area contributed by atoms with Gasteiger partial charge in [0.1, 0.15) is 10.5 Å². The minimum atomic E-state index is -1.31. The number of hydrogen-bond donors (Lipinski definition) is 0. The molecule has 1 nitrogen and oxygen atoms in total. The van der Waals surface area contributed by atoms with Crippen molar-refractivity contribution in [2.24, 2.45) is 0 Å². The quantitative estimate of drug-likeness (QED) is 0.509. The number of rotatable bonds is 5. The molecule has 0 saturated heterocycles. The van der Waals surface area contributed by atoms with Crippen molar-refractivity contribution in [3.05, 3.63) is 0 Å². The van der Waals surface area contributed by atoms with Crippen LogP contribution in [0.3, 0.4) is 0 Å². The van der Waals surface area contributed by atoms with E-state index in [0.717, 1.165) is 23.3 Å². The Morgan fingerprint density at radius 1 is 1.27 bits per heavy atom. The maximum atomic E-state index is 6.08. The molecule has 0 aromatic rings. The third-order valence-electron chi connectivity index (χ3n) is 1.77. The highest BCUT2D eigenvalue weighted by Gasteiger charge is 2.26. The lowest BCUT2D eigenvalue weighted by molar-refractivity contribution is 0.605. The van der Waals surface area contributed by atoms with Gasteiger partial charge in [0.05, 0.1) is 0 Å². The summed E-state index contributed by atoms with van der Waals surface area (Å²) < 4.78 is 5.47. The molecule has 0 bridgehead atoms. The molecule has 0 aliphatic heterocycles. The van der Waals surface area contributed by atoms with Gasteiger partial charge in [-0.25, -0.2) is 0 Å². The van der Waals surface area contributed by atoms with E-state index in [9.17, 15) is 0 Å². The van der Waals surface area contributed by atoms with Gasteiger partial charge < -0.3 is 4.12 Å². The molecule has 0 amide bonds. The lowest BCUT2D eigenvalue weighted by atomic mass is 10.6. The Morgan fingerprint density at radius 3 is 1.82 bits per heavy atom. The Bertz CT molecular complexity index is 94.6. The fourth-order valence-electron chi connectivity index (χ4n) is 0.987. The molecule has 0 heterocycles. The standard InChI is InChI=1S/C6H16Cl2OSi2/c1-3-5(7)11(9-10)6(8)4-2/h5-6,11H,3-4H2,1-2,10H3. The van der Waals surface area contributed by atoms with Gasteiger partial charge in [-0.1, -0.05) is 13.8 Å². The zero-order valence-corrected chi connectivity index (χ0v) is 12.0. The van der Waals surface area contributed by atoms with E-state index in [1.165, 1.54) is 0 Å². The van der Waals surface area contributed by atoms with Gasteiger partial charge in [-0.05, 0) is 12.8 Å². The zero-order valence-electron chi connectivity index (χ0n) is 7.31. The molecule has 11 heavy (non-hydrogen) atoms. The topological polar surface area (TPSA) is 9.23 Å². The molecular formula is C6H16Cl2OSi2. The first-order valence-electron chi connectivity index (χ1n) is 3.98. The second-order valence-electron chi connectivity index (χ2n) is 2.55. The molecule has 0 rings (SSSR count). The summed E-state index contributed by atoms with van der Waals surface area (Å²) in [6.45, 7) is 4.16. The Hall–Kier alpha value is 0.974. The third-order valence-corrected chi connectivity index (χ3v) is 8.42. The SMILES string of the molecule is CCC(Cl)[SiH](O[SiH3])C(Cl)CC. The van der Waals surface area contributed by atoms with Crippen LogP contribution in [0.5, 0.6) is 0 Å². The molecule has 0 saturated carbocycles. The van der Waals surface area contributed by atoms with E-state index in [2.05, 4.69) is 13.8 Å². The summed E-state index contributed by atoms with van der Waals surface area (Å²) in [5.41, 5.74) is 0. The zero-order chi connectivity index (χ0) is 8.85.